The van der Waals surface area contributed by atoms with E-state index in [0.29, 0.717) is 0 Å². The first-order valence-electron chi connectivity index (χ1n) is 8.65. The van der Waals surface area contributed by atoms with Gasteiger partial charge in [0, 0.05) is 26.3 Å². The van der Waals surface area contributed by atoms with Gasteiger partial charge in [-0.1, -0.05) is 82.7 Å². The minimum absolute atomic E-state index is 1.09. The Hall–Kier alpha value is -2.84. The van der Waals surface area contributed by atoms with Gasteiger partial charge in [0.1, 0.15) is 0 Å². The standard InChI is InChI=1S/C24H16BrN/c25-19-9-4-8-18(14-19)20-10-5-11-21-22-15-17(16-6-2-1-3-7-16)12-13-23(22)26-24(20)21/h1-15,26H. The van der Waals surface area contributed by atoms with Gasteiger partial charge in [0.05, 0.1) is 5.52 Å². The molecular weight excluding hydrogens is 382 g/mol. The van der Waals surface area contributed by atoms with Crippen LogP contribution in [0.15, 0.2) is 95.5 Å². The second kappa shape index (κ2) is 6.15. The Morgan fingerprint density at radius 2 is 1.38 bits per heavy atom. The molecule has 5 rings (SSSR count). The second-order valence-corrected chi connectivity index (χ2v) is 7.41. The number of hydrogen-bond acceptors (Lipinski definition) is 0. The normalized spacial score (nSPS) is 11.3. The topological polar surface area (TPSA) is 15.8 Å². The molecule has 0 atom stereocenters. The zero-order chi connectivity index (χ0) is 17.5. The number of aromatic amines is 1. The van der Waals surface area contributed by atoms with Crippen molar-refractivity contribution in [3.05, 3.63) is 95.5 Å². The lowest BCUT2D eigenvalue weighted by Crippen LogP contribution is -1.80. The number of hydrogen-bond donors (Lipinski definition) is 1. The lowest BCUT2D eigenvalue weighted by atomic mass is 10.0. The van der Waals surface area contributed by atoms with Gasteiger partial charge in [0.2, 0.25) is 0 Å². The number of aromatic nitrogens is 1. The second-order valence-electron chi connectivity index (χ2n) is 6.49. The van der Waals surface area contributed by atoms with Crippen molar-refractivity contribution < 1.29 is 0 Å². The molecule has 2 heteroatoms. The van der Waals surface area contributed by atoms with E-state index in [2.05, 4.69) is 112 Å². The Morgan fingerprint density at radius 3 is 2.23 bits per heavy atom. The Bertz CT molecular complexity index is 1240. The number of halogens is 1. The summed E-state index contributed by atoms with van der Waals surface area (Å²) >= 11 is 3.58. The van der Waals surface area contributed by atoms with E-state index in [1.54, 1.807) is 0 Å². The van der Waals surface area contributed by atoms with Crippen LogP contribution in [0.1, 0.15) is 0 Å². The molecule has 0 unspecified atom stereocenters. The first-order valence-corrected chi connectivity index (χ1v) is 9.45. The van der Waals surface area contributed by atoms with Gasteiger partial charge in [-0.25, -0.2) is 0 Å². The van der Waals surface area contributed by atoms with Gasteiger partial charge in [-0.05, 0) is 41.0 Å². The zero-order valence-electron chi connectivity index (χ0n) is 14.0. The first-order chi connectivity index (χ1) is 12.8. The van der Waals surface area contributed by atoms with Gasteiger partial charge in [0.25, 0.3) is 0 Å². The summed E-state index contributed by atoms with van der Waals surface area (Å²) in [5.41, 5.74) is 7.27. The highest BCUT2D eigenvalue weighted by Crippen LogP contribution is 2.35. The number of H-pyrrole nitrogens is 1. The summed E-state index contributed by atoms with van der Waals surface area (Å²) in [5.74, 6) is 0. The van der Waals surface area contributed by atoms with Gasteiger partial charge >= 0.3 is 0 Å². The summed E-state index contributed by atoms with van der Waals surface area (Å²) in [6.07, 6.45) is 0. The third-order valence-corrected chi connectivity index (χ3v) is 5.37. The van der Waals surface area contributed by atoms with Crippen LogP contribution in [0.5, 0.6) is 0 Å². The van der Waals surface area contributed by atoms with E-state index >= 15 is 0 Å². The number of fused-ring (bicyclic) bond motifs is 3. The maximum absolute atomic E-state index is 3.63. The lowest BCUT2D eigenvalue weighted by molar-refractivity contribution is 1.53. The monoisotopic (exact) mass is 397 g/mol. The van der Waals surface area contributed by atoms with Gasteiger partial charge in [-0.2, -0.15) is 0 Å². The van der Waals surface area contributed by atoms with Gasteiger partial charge < -0.3 is 4.98 Å². The van der Waals surface area contributed by atoms with Crippen LogP contribution in [0, 0.1) is 0 Å². The number of rotatable bonds is 2. The summed E-state index contributed by atoms with van der Waals surface area (Å²) in [7, 11) is 0. The van der Waals surface area contributed by atoms with Crippen molar-refractivity contribution in [2.75, 3.05) is 0 Å². The summed E-state index contributed by atoms with van der Waals surface area (Å²) in [5, 5.41) is 2.52. The molecule has 0 spiro atoms. The average molecular weight is 398 g/mol. The molecule has 0 saturated heterocycles. The van der Waals surface area contributed by atoms with Crippen LogP contribution >= 0.6 is 15.9 Å². The molecule has 4 aromatic carbocycles. The molecule has 0 radical (unpaired) electrons. The molecule has 1 N–H and O–H groups in total. The minimum Gasteiger partial charge on any atom is -0.354 e. The highest BCUT2D eigenvalue weighted by molar-refractivity contribution is 9.10. The van der Waals surface area contributed by atoms with Crippen LogP contribution in [-0.2, 0) is 0 Å². The van der Waals surface area contributed by atoms with Crippen molar-refractivity contribution in [2.45, 2.75) is 0 Å². The molecule has 0 amide bonds. The predicted molar refractivity (Wildman–Crippen MR) is 114 cm³/mol. The van der Waals surface area contributed by atoms with E-state index in [1.807, 2.05) is 0 Å². The molecule has 0 bridgehead atoms. The van der Waals surface area contributed by atoms with Crippen LogP contribution in [0.3, 0.4) is 0 Å². The fourth-order valence-corrected chi connectivity index (χ4v) is 4.03. The molecule has 0 aliphatic heterocycles. The quantitative estimate of drug-likeness (QED) is 0.319. The molecule has 1 nitrogen and oxygen atoms in total. The molecule has 26 heavy (non-hydrogen) atoms. The van der Waals surface area contributed by atoms with E-state index in [9.17, 15) is 0 Å². The SMILES string of the molecule is Brc1cccc(-c2cccc3c2[nH]c2ccc(-c4ccccc4)cc23)c1. The molecule has 0 fully saturated rings. The van der Waals surface area contributed by atoms with E-state index in [0.717, 1.165) is 4.47 Å². The highest BCUT2D eigenvalue weighted by atomic mass is 79.9. The molecule has 0 saturated carbocycles. The first kappa shape index (κ1) is 15.4. The molecular formula is C24H16BrN. The van der Waals surface area contributed by atoms with Gasteiger partial charge in [0.15, 0.2) is 0 Å². The molecule has 0 aliphatic rings. The van der Waals surface area contributed by atoms with Crippen LogP contribution in [0.25, 0.3) is 44.1 Å². The summed E-state index contributed by atoms with van der Waals surface area (Å²) in [4.78, 5) is 3.63. The number of benzene rings is 4. The third-order valence-electron chi connectivity index (χ3n) is 4.88. The Labute approximate surface area is 160 Å². The van der Waals surface area contributed by atoms with Crippen LogP contribution in [0.2, 0.25) is 0 Å². The van der Waals surface area contributed by atoms with Gasteiger partial charge in [-0.15, -0.1) is 0 Å². The molecule has 124 valence electrons. The van der Waals surface area contributed by atoms with Crippen LogP contribution in [0.4, 0.5) is 0 Å². The Morgan fingerprint density at radius 1 is 0.577 bits per heavy atom. The van der Waals surface area contributed by atoms with Crippen molar-refractivity contribution in [3.8, 4) is 22.3 Å². The minimum atomic E-state index is 1.09. The maximum atomic E-state index is 3.63. The largest absolute Gasteiger partial charge is 0.354 e. The lowest BCUT2D eigenvalue weighted by Gasteiger charge is -2.04. The smallest absolute Gasteiger partial charge is 0.0544 e. The van der Waals surface area contributed by atoms with Crippen molar-refractivity contribution in [2.24, 2.45) is 0 Å². The van der Waals surface area contributed by atoms with Crippen molar-refractivity contribution >= 4 is 37.7 Å². The van der Waals surface area contributed by atoms with E-state index < -0.39 is 0 Å². The van der Waals surface area contributed by atoms with E-state index in [-0.39, 0.29) is 0 Å². The summed E-state index contributed by atoms with van der Waals surface area (Å²) in [6, 6.07) is 32.2. The molecule has 5 aromatic rings. The Balaban J connectivity index is 1.76. The molecule has 0 aliphatic carbocycles. The zero-order valence-corrected chi connectivity index (χ0v) is 15.6. The number of para-hydroxylation sites is 1. The highest BCUT2D eigenvalue weighted by Gasteiger charge is 2.10. The fourth-order valence-electron chi connectivity index (χ4n) is 3.63. The molecule has 1 heterocycles. The summed E-state index contributed by atoms with van der Waals surface area (Å²) in [6.45, 7) is 0. The predicted octanol–water partition coefficient (Wildman–Crippen LogP) is 7.42. The van der Waals surface area contributed by atoms with Crippen LogP contribution < -0.4 is 0 Å². The van der Waals surface area contributed by atoms with E-state index in [1.165, 1.54) is 44.1 Å². The number of nitrogens with one attached hydrogen (secondary N) is 1. The van der Waals surface area contributed by atoms with Crippen molar-refractivity contribution in [1.29, 1.82) is 0 Å². The van der Waals surface area contributed by atoms with Crippen LogP contribution in [-0.4, -0.2) is 4.98 Å². The van der Waals surface area contributed by atoms with E-state index in [4.69, 9.17) is 0 Å². The Kier molecular flexibility index (Phi) is 3.65. The van der Waals surface area contributed by atoms with Crippen molar-refractivity contribution in [3.63, 3.8) is 0 Å². The van der Waals surface area contributed by atoms with Crippen molar-refractivity contribution in [1.82, 2.24) is 4.98 Å². The maximum Gasteiger partial charge on any atom is 0.0544 e. The third kappa shape index (κ3) is 2.54. The fraction of sp³-hybridized carbons (Fsp3) is 0. The molecule has 1 aromatic heterocycles. The van der Waals surface area contributed by atoms with Gasteiger partial charge in [-0.3, -0.25) is 0 Å². The average Bonchev–Trinajstić information content (AvgIpc) is 3.06. The summed E-state index contributed by atoms with van der Waals surface area (Å²) < 4.78 is 1.09.